The van der Waals surface area contributed by atoms with Crippen LogP contribution in [0.4, 0.5) is 4.79 Å². The molecule has 2 unspecified atom stereocenters. The summed E-state index contributed by atoms with van der Waals surface area (Å²) < 4.78 is 25.6. The minimum atomic E-state index is -0.378. The Labute approximate surface area is 317 Å². The zero-order valence-corrected chi connectivity index (χ0v) is 35.0. The fourth-order valence-corrected chi connectivity index (χ4v) is 7.49. The first-order chi connectivity index (χ1) is 25.0. The van der Waals surface area contributed by atoms with Gasteiger partial charge in [0.15, 0.2) is 0 Å². The average molecular weight is 725 g/mol. The molecular formula is C44H88N2O5. The molecule has 1 amide bonds. The van der Waals surface area contributed by atoms with Gasteiger partial charge in [-0.1, -0.05) is 170 Å². The van der Waals surface area contributed by atoms with E-state index < -0.39 is 0 Å². The van der Waals surface area contributed by atoms with Gasteiger partial charge in [-0.15, -0.1) is 0 Å². The van der Waals surface area contributed by atoms with E-state index in [4.69, 9.17) is 18.9 Å². The molecule has 0 saturated carbocycles. The van der Waals surface area contributed by atoms with Crippen LogP contribution >= 0.6 is 0 Å². The van der Waals surface area contributed by atoms with Crippen molar-refractivity contribution < 1.29 is 23.7 Å². The van der Waals surface area contributed by atoms with Gasteiger partial charge >= 0.3 is 6.09 Å². The Bertz CT molecular complexity index is 751. The molecular weight excluding hydrogens is 636 g/mol. The van der Waals surface area contributed by atoms with E-state index >= 15 is 0 Å². The number of ether oxygens (including phenoxy) is 4. The lowest BCUT2D eigenvalue weighted by Gasteiger charge is -2.27. The van der Waals surface area contributed by atoms with E-state index in [9.17, 15) is 4.79 Å². The Morgan fingerprint density at radius 3 is 1.53 bits per heavy atom. The van der Waals surface area contributed by atoms with E-state index in [2.05, 4.69) is 51.8 Å². The zero-order valence-electron chi connectivity index (χ0n) is 35.0. The van der Waals surface area contributed by atoms with Crippen LogP contribution in [0.3, 0.4) is 0 Å². The monoisotopic (exact) mass is 725 g/mol. The molecule has 1 heterocycles. The van der Waals surface area contributed by atoms with Gasteiger partial charge in [0.05, 0.1) is 19.8 Å². The Hall–Kier alpha value is -0.890. The number of carbonyl (C=O) groups excluding carboxylic acids is 1. The number of hydrogen-bond acceptors (Lipinski definition) is 6. The molecule has 1 aliphatic heterocycles. The predicted molar refractivity (Wildman–Crippen MR) is 217 cm³/mol. The SMILES string of the molecule is CCCCCCCCC(CCCCCC)CO[C@@H]1[C@@H](OCC(CCCCCC)CCCCCCCC)CO[C@@H]1COC(=O)NCCN(CC)CC. The highest BCUT2D eigenvalue weighted by molar-refractivity contribution is 5.67. The van der Waals surface area contributed by atoms with Crippen LogP contribution in [0.2, 0.25) is 0 Å². The Kier molecular flexibility index (Phi) is 32.9. The van der Waals surface area contributed by atoms with E-state index in [1.54, 1.807) is 0 Å². The third-order valence-corrected chi connectivity index (χ3v) is 11.1. The van der Waals surface area contributed by atoms with Crippen LogP contribution in [0, 0.1) is 11.8 Å². The maximum Gasteiger partial charge on any atom is 0.407 e. The molecule has 304 valence electrons. The second kappa shape index (κ2) is 34.9. The minimum Gasteiger partial charge on any atom is -0.447 e. The molecule has 1 fully saturated rings. The second-order valence-electron chi connectivity index (χ2n) is 15.6. The van der Waals surface area contributed by atoms with E-state index in [1.165, 1.54) is 154 Å². The number of nitrogens with zero attached hydrogens (tertiary/aromatic N) is 1. The van der Waals surface area contributed by atoms with Crippen LogP contribution in [0.5, 0.6) is 0 Å². The molecule has 7 nitrogen and oxygen atoms in total. The summed E-state index contributed by atoms with van der Waals surface area (Å²) in [4.78, 5) is 15.0. The summed E-state index contributed by atoms with van der Waals surface area (Å²) in [5.41, 5.74) is 0. The van der Waals surface area contributed by atoms with Gasteiger partial charge in [-0.3, -0.25) is 0 Å². The molecule has 0 bridgehead atoms. The first-order valence-electron chi connectivity index (χ1n) is 22.5. The smallest absolute Gasteiger partial charge is 0.407 e. The molecule has 0 aromatic heterocycles. The maximum absolute atomic E-state index is 12.7. The summed E-state index contributed by atoms with van der Waals surface area (Å²) in [5, 5.41) is 2.93. The van der Waals surface area contributed by atoms with Gasteiger partial charge in [-0.05, 0) is 50.6 Å². The van der Waals surface area contributed by atoms with Gasteiger partial charge in [0.1, 0.15) is 24.9 Å². The van der Waals surface area contributed by atoms with E-state index in [-0.39, 0.29) is 31.0 Å². The fourth-order valence-electron chi connectivity index (χ4n) is 7.49. The van der Waals surface area contributed by atoms with Gasteiger partial charge < -0.3 is 29.2 Å². The third kappa shape index (κ3) is 25.7. The lowest BCUT2D eigenvalue weighted by Crippen LogP contribution is -2.41. The zero-order chi connectivity index (χ0) is 37.2. The van der Waals surface area contributed by atoms with Gasteiger partial charge in [0.25, 0.3) is 0 Å². The molecule has 51 heavy (non-hydrogen) atoms. The number of alkyl carbamates (subject to hydrolysis) is 1. The number of hydrogen-bond donors (Lipinski definition) is 1. The Morgan fingerprint density at radius 2 is 1.06 bits per heavy atom. The lowest BCUT2D eigenvalue weighted by atomic mass is 9.94. The molecule has 0 aromatic rings. The highest BCUT2D eigenvalue weighted by Crippen LogP contribution is 2.27. The van der Waals surface area contributed by atoms with Crippen LogP contribution in [-0.2, 0) is 18.9 Å². The van der Waals surface area contributed by atoms with Gasteiger partial charge in [0, 0.05) is 13.1 Å². The molecule has 1 N–H and O–H groups in total. The fraction of sp³-hybridized carbons (Fsp3) is 0.977. The third-order valence-electron chi connectivity index (χ3n) is 11.1. The highest BCUT2D eigenvalue weighted by atomic mass is 16.6. The Balaban J connectivity index is 2.89. The van der Waals surface area contributed by atoms with Crippen molar-refractivity contribution in [3.8, 4) is 0 Å². The lowest BCUT2D eigenvalue weighted by molar-refractivity contribution is -0.0873. The van der Waals surface area contributed by atoms with Crippen molar-refractivity contribution in [2.45, 2.75) is 214 Å². The first kappa shape index (κ1) is 48.1. The summed E-state index contributed by atoms with van der Waals surface area (Å²) in [7, 11) is 0. The topological polar surface area (TPSA) is 69.3 Å². The molecule has 1 aliphatic rings. The van der Waals surface area contributed by atoms with Crippen LogP contribution in [0.25, 0.3) is 0 Å². The van der Waals surface area contributed by atoms with E-state index in [0.717, 1.165) is 32.8 Å². The second-order valence-corrected chi connectivity index (χ2v) is 15.6. The van der Waals surface area contributed by atoms with Crippen molar-refractivity contribution in [2.75, 3.05) is 52.6 Å². The minimum absolute atomic E-state index is 0.123. The summed E-state index contributed by atoms with van der Waals surface area (Å²) in [6.45, 7) is 19.0. The number of amides is 1. The molecule has 5 atom stereocenters. The van der Waals surface area contributed by atoms with E-state index in [1.807, 2.05) is 0 Å². The van der Waals surface area contributed by atoms with Gasteiger partial charge in [-0.25, -0.2) is 4.79 Å². The number of rotatable bonds is 37. The van der Waals surface area contributed by atoms with Gasteiger partial charge in [-0.2, -0.15) is 0 Å². The standard InChI is InChI=1S/C44H88N2O5/c1-7-13-17-21-23-27-31-39(29-25-19-15-9-3)35-48-41-37-49-42(38-51-44(47)45-33-34-46(11-5)12-6)43(41)50-36-40(30-26-20-16-10-4)32-28-24-22-18-14-8-2/h39-43H,7-38H2,1-6H3,(H,45,47)/t39?,40?,41-,42+,43+/m0/s1. The van der Waals surface area contributed by atoms with Crippen molar-refractivity contribution in [3.63, 3.8) is 0 Å². The molecule has 1 saturated heterocycles. The van der Waals surface area contributed by atoms with Crippen LogP contribution in [-0.4, -0.2) is 81.9 Å². The van der Waals surface area contributed by atoms with Crippen molar-refractivity contribution in [2.24, 2.45) is 11.8 Å². The van der Waals surface area contributed by atoms with E-state index in [0.29, 0.717) is 25.0 Å². The van der Waals surface area contributed by atoms with Gasteiger partial charge in [0.2, 0.25) is 0 Å². The maximum atomic E-state index is 12.7. The largest absolute Gasteiger partial charge is 0.447 e. The highest BCUT2D eigenvalue weighted by Gasteiger charge is 2.40. The summed E-state index contributed by atoms with van der Waals surface area (Å²) >= 11 is 0. The molecule has 7 heteroatoms. The van der Waals surface area contributed by atoms with Crippen molar-refractivity contribution in [3.05, 3.63) is 0 Å². The normalized spacial score (nSPS) is 18.8. The van der Waals surface area contributed by atoms with Crippen molar-refractivity contribution >= 4 is 6.09 Å². The first-order valence-corrected chi connectivity index (χ1v) is 22.5. The van der Waals surface area contributed by atoms with Crippen LogP contribution in [0.15, 0.2) is 0 Å². The molecule has 0 aromatic carbocycles. The molecule has 0 spiro atoms. The summed E-state index contributed by atoms with van der Waals surface area (Å²) in [5.74, 6) is 1.14. The summed E-state index contributed by atoms with van der Waals surface area (Å²) in [6, 6.07) is 0. The predicted octanol–water partition coefficient (Wildman–Crippen LogP) is 11.9. The number of likely N-dealkylation sites (N-methyl/N-ethyl adjacent to an activating group) is 1. The molecule has 1 rings (SSSR count). The average Bonchev–Trinajstić information content (AvgIpc) is 3.53. The number of nitrogens with one attached hydrogen (secondary N) is 1. The van der Waals surface area contributed by atoms with Crippen LogP contribution in [0.1, 0.15) is 196 Å². The number of carbonyl (C=O) groups is 1. The molecule has 0 aliphatic carbocycles. The van der Waals surface area contributed by atoms with Crippen LogP contribution < -0.4 is 5.32 Å². The molecule has 0 radical (unpaired) electrons. The summed E-state index contributed by atoms with van der Waals surface area (Å²) in [6.07, 6.45) is 30.2. The quantitative estimate of drug-likeness (QED) is 0.0643. The Morgan fingerprint density at radius 1 is 0.627 bits per heavy atom. The number of unbranched alkanes of at least 4 members (excludes halogenated alkanes) is 16. The van der Waals surface area contributed by atoms with Crippen molar-refractivity contribution in [1.29, 1.82) is 0 Å². The van der Waals surface area contributed by atoms with Crippen molar-refractivity contribution in [1.82, 2.24) is 10.2 Å².